The minimum absolute atomic E-state index is 0.136. The van der Waals surface area contributed by atoms with Crippen molar-refractivity contribution in [1.82, 2.24) is 0 Å². The number of Topliss-reactive ketones (excluding diaryl/α,β-unsaturated/α-hetero) is 1. The molecule has 1 aromatic carbocycles. The molecule has 0 atom stereocenters. The van der Waals surface area contributed by atoms with Crippen molar-refractivity contribution >= 4 is 11.5 Å². The number of anilines is 1. The molecule has 70 valence electrons. The van der Waals surface area contributed by atoms with E-state index in [1.54, 1.807) is 6.92 Å². The van der Waals surface area contributed by atoms with Gasteiger partial charge in [-0.25, -0.2) is 0 Å². The summed E-state index contributed by atoms with van der Waals surface area (Å²) in [5.74, 6) is 0.136. The highest BCUT2D eigenvalue weighted by molar-refractivity contribution is 5.88. The third-order valence-corrected chi connectivity index (χ3v) is 2.11. The molecule has 0 amide bonds. The summed E-state index contributed by atoms with van der Waals surface area (Å²) in [6.07, 6.45) is 0. The molecule has 0 saturated carbocycles. The Morgan fingerprint density at radius 3 is 2.23 bits per heavy atom. The van der Waals surface area contributed by atoms with Crippen LogP contribution in [0, 0.1) is 0 Å². The highest BCUT2D eigenvalue weighted by atomic mass is 16.1. The van der Waals surface area contributed by atoms with Crippen molar-refractivity contribution < 1.29 is 4.79 Å². The van der Waals surface area contributed by atoms with Crippen molar-refractivity contribution in [1.29, 1.82) is 0 Å². The highest BCUT2D eigenvalue weighted by Gasteiger charge is 2.22. The summed E-state index contributed by atoms with van der Waals surface area (Å²) >= 11 is 0. The van der Waals surface area contributed by atoms with Crippen LogP contribution in [0.1, 0.15) is 20.8 Å². The Kier molecular flexibility index (Phi) is 2.71. The zero-order chi connectivity index (χ0) is 9.90. The van der Waals surface area contributed by atoms with Crippen LogP contribution < -0.4 is 5.32 Å². The molecule has 2 heteroatoms. The Labute approximate surface area is 79.0 Å². The third kappa shape index (κ3) is 2.58. The van der Waals surface area contributed by atoms with Gasteiger partial charge in [-0.1, -0.05) is 18.2 Å². The van der Waals surface area contributed by atoms with E-state index in [1.165, 1.54) is 0 Å². The predicted molar refractivity (Wildman–Crippen MR) is 54.8 cm³/mol. The molecule has 0 radical (unpaired) electrons. The van der Waals surface area contributed by atoms with Crippen molar-refractivity contribution in [2.75, 3.05) is 5.32 Å². The average molecular weight is 177 g/mol. The van der Waals surface area contributed by atoms with Crippen LogP contribution in [-0.4, -0.2) is 11.3 Å². The number of para-hydroxylation sites is 1. The van der Waals surface area contributed by atoms with Crippen molar-refractivity contribution in [3.8, 4) is 0 Å². The second-order valence-electron chi connectivity index (χ2n) is 3.67. The van der Waals surface area contributed by atoms with Crippen LogP contribution in [0.15, 0.2) is 30.3 Å². The minimum atomic E-state index is -0.485. The molecule has 13 heavy (non-hydrogen) atoms. The van der Waals surface area contributed by atoms with Gasteiger partial charge in [-0.2, -0.15) is 0 Å². The number of hydrogen-bond acceptors (Lipinski definition) is 2. The number of carbonyl (C=O) groups is 1. The van der Waals surface area contributed by atoms with Gasteiger partial charge in [0.25, 0.3) is 0 Å². The quantitative estimate of drug-likeness (QED) is 0.768. The zero-order valence-corrected chi connectivity index (χ0v) is 8.29. The molecule has 0 spiro atoms. The van der Waals surface area contributed by atoms with Crippen LogP contribution in [0.4, 0.5) is 5.69 Å². The summed E-state index contributed by atoms with van der Waals surface area (Å²) in [5, 5.41) is 3.17. The lowest BCUT2D eigenvalue weighted by Crippen LogP contribution is -2.38. The van der Waals surface area contributed by atoms with Gasteiger partial charge in [-0.15, -0.1) is 0 Å². The Balaban J connectivity index is 2.75. The van der Waals surface area contributed by atoms with Crippen molar-refractivity contribution in [3.05, 3.63) is 30.3 Å². The minimum Gasteiger partial charge on any atom is -0.373 e. The number of ketones is 1. The number of carbonyl (C=O) groups excluding carboxylic acids is 1. The lowest BCUT2D eigenvalue weighted by Gasteiger charge is -2.24. The van der Waals surface area contributed by atoms with Gasteiger partial charge >= 0.3 is 0 Å². The molecule has 1 N–H and O–H groups in total. The van der Waals surface area contributed by atoms with E-state index in [0.29, 0.717) is 0 Å². The Hall–Kier alpha value is -1.31. The molecule has 0 bridgehead atoms. The lowest BCUT2D eigenvalue weighted by molar-refractivity contribution is -0.120. The first-order chi connectivity index (χ1) is 6.02. The molecular weight excluding hydrogens is 162 g/mol. The SMILES string of the molecule is CC(=O)C(C)(C)Nc1ccccc1. The van der Waals surface area contributed by atoms with Crippen LogP contribution in [0.5, 0.6) is 0 Å². The first-order valence-electron chi connectivity index (χ1n) is 4.36. The highest BCUT2D eigenvalue weighted by Crippen LogP contribution is 2.14. The van der Waals surface area contributed by atoms with E-state index in [9.17, 15) is 4.79 Å². The summed E-state index contributed by atoms with van der Waals surface area (Å²) in [4.78, 5) is 11.2. The third-order valence-electron chi connectivity index (χ3n) is 2.11. The first-order valence-corrected chi connectivity index (χ1v) is 4.36. The lowest BCUT2D eigenvalue weighted by atomic mass is 10.0. The van der Waals surface area contributed by atoms with E-state index in [4.69, 9.17) is 0 Å². The molecule has 0 aromatic heterocycles. The monoisotopic (exact) mass is 177 g/mol. The van der Waals surface area contributed by atoms with Crippen molar-refractivity contribution in [2.45, 2.75) is 26.3 Å². The summed E-state index contributed by atoms with van der Waals surface area (Å²) in [6, 6.07) is 9.73. The summed E-state index contributed by atoms with van der Waals surface area (Å²) in [7, 11) is 0. The largest absolute Gasteiger partial charge is 0.373 e. The van der Waals surface area contributed by atoms with Crippen molar-refractivity contribution in [2.24, 2.45) is 0 Å². The molecule has 0 fully saturated rings. The van der Waals surface area contributed by atoms with E-state index in [2.05, 4.69) is 5.32 Å². The molecule has 1 rings (SSSR count). The molecule has 0 heterocycles. The topological polar surface area (TPSA) is 29.1 Å². The van der Waals surface area contributed by atoms with Crippen LogP contribution in [0.3, 0.4) is 0 Å². The number of benzene rings is 1. The Morgan fingerprint density at radius 2 is 1.77 bits per heavy atom. The maximum absolute atomic E-state index is 11.2. The summed E-state index contributed by atoms with van der Waals surface area (Å²) in [5.41, 5.74) is 0.490. The predicted octanol–water partition coefficient (Wildman–Crippen LogP) is 2.47. The Morgan fingerprint density at radius 1 is 1.23 bits per heavy atom. The summed E-state index contributed by atoms with van der Waals surface area (Å²) in [6.45, 7) is 5.35. The van der Waals surface area contributed by atoms with Crippen molar-refractivity contribution in [3.63, 3.8) is 0 Å². The van der Waals surface area contributed by atoms with Crippen LogP contribution in [0.2, 0.25) is 0 Å². The van der Waals surface area contributed by atoms with Gasteiger partial charge in [0.15, 0.2) is 5.78 Å². The fourth-order valence-electron chi connectivity index (χ4n) is 0.970. The van der Waals surface area contributed by atoms with E-state index in [-0.39, 0.29) is 5.78 Å². The standard InChI is InChI=1S/C11H15NO/c1-9(13)11(2,3)12-10-7-5-4-6-8-10/h4-8,12H,1-3H3. The Bertz CT molecular complexity index is 290. The van der Waals surface area contributed by atoms with Crippen LogP contribution in [-0.2, 0) is 4.79 Å². The maximum Gasteiger partial charge on any atom is 0.154 e. The maximum atomic E-state index is 11.2. The second kappa shape index (κ2) is 3.60. The molecule has 1 aromatic rings. The van der Waals surface area contributed by atoms with Gasteiger partial charge < -0.3 is 5.32 Å². The van der Waals surface area contributed by atoms with E-state index < -0.39 is 5.54 Å². The van der Waals surface area contributed by atoms with E-state index >= 15 is 0 Å². The normalized spacial score (nSPS) is 11.0. The molecule has 0 aliphatic heterocycles. The first kappa shape index (κ1) is 9.78. The van der Waals surface area contributed by atoms with E-state index in [1.807, 2.05) is 44.2 Å². The summed E-state index contributed by atoms with van der Waals surface area (Å²) < 4.78 is 0. The number of rotatable bonds is 3. The van der Waals surface area contributed by atoms with E-state index in [0.717, 1.165) is 5.69 Å². The average Bonchev–Trinajstić information content (AvgIpc) is 2.05. The number of nitrogens with one attached hydrogen (secondary N) is 1. The van der Waals surface area contributed by atoms with Gasteiger partial charge in [-0.05, 0) is 32.9 Å². The fourth-order valence-corrected chi connectivity index (χ4v) is 0.970. The molecule has 0 saturated heterocycles. The van der Waals surface area contributed by atoms with Gasteiger partial charge in [0, 0.05) is 5.69 Å². The van der Waals surface area contributed by atoms with Gasteiger partial charge in [-0.3, -0.25) is 4.79 Å². The zero-order valence-electron chi connectivity index (χ0n) is 8.29. The van der Waals surface area contributed by atoms with Crippen LogP contribution in [0.25, 0.3) is 0 Å². The van der Waals surface area contributed by atoms with Crippen LogP contribution >= 0.6 is 0 Å². The molecule has 0 unspecified atom stereocenters. The molecular formula is C11H15NO. The second-order valence-corrected chi connectivity index (χ2v) is 3.67. The number of hydrogen-bond donors (Lipinski definition) is 1. The van der Waals surface area contributed by atoms with Gasteiger partial charge in [0.05, 0.1) is 5.54 Å². The molecule has 2 nitrogen and oxygen atoms in total. The van der Waals surface area contributed by atoms with Gasteiger partial charge in [0.2, 0.25) is 0 Å². The van der Waals surface area contributed by atoms with Gasteiger partial charge in [0.1, 0.15) is 0 Å². The fraction of sp³-hybridized carbons (Fsp3) is 0.364. The smallest absolute Gasteiger partial charge is 0.154 e. The molecule has 0 aliphatic carbocycles. The molecule has 0 aliphatic rings.